The summed E-state index contributed by atoms with van der Waals surface area (Å²) in [6, 6.07) is 15.9. The lowest BCUT2D eigenvalue weighted by molar-refractivity contribution is 0.267. The standard InChI is InChI=1S/C24H38N.H2O/c1-4-7-8-9-10-13-21-25(19-5-2,20-6-3)24-18-14-16-22-15-11-12-17-23(22)24;/h11-12,14-18H,4-10,13,19-21H2,1-3H3;1H2/q+1;/p-1. The van der Waals surface area contributed by atoms with E-state index in [1.807, 2.05) is 0 Å². The lowest BCUT2D eigenvalue weighted by atomic mass is 10.0. The average molecular weight is 358 g/mol. The minimum atomic E-state index is 0. The molecular formula is C24H39NO. The molecule has 0 aliphatic carbocycles. The van der Waals surface area contributed by atoms with Gasteiger partial charge in [-0.2, -0.15) is 0 Å². The van der Waals surface area contributed by atoms with E-state index < -0.39 is 0 Å². The Bertz CT molecular complexity index is 611. The number of unbranched alkanes of at least 4 members (excludes halogenated alkanes) is 5. The number of quaternary nitrogens is 1. The van der Waals surface area contributed by atoms with Gasteiger partial charge in [0.1, 0.15) is 5.69 Å². The quantitative estimate of drug-likeness (QED) is 0.293. The number of nitrogens with zero attached hydrogens (tertiary/aromatic N) is 1. The van der Waals surface area contributed by atoms with Crippen LogP contribution in [0.4, 0.5) is 5.69 Å². The second-order valence-electron chi connectivity index (χ2n) is 7.58. The van der Waals surface area contributed by atoms with Crippen LogP contribution in [0.5, 0.6) is 0 Å². The molecule has 0 aliphatic heterocycles. The predicted molar refractivity (Wildman–Crippen MR) is 116 cm³/mol. The summed E-state index contributed by atoms with van der Waals surface area (Å²) in [6.07, 6.45) is 10.8. The fraction of sp³-hybridized carbons (Fsp3) is 0.583. The van der Waals surface area contributed by atoms with Crippen LogP contribution in [0.15, 0.2) is 42.5 Å². The summed E-state index contributed by atoms with van der Waals surface area (Å²) in [5.74, 6) is 0. The van der Waals surface area contributed by atoms with Crippen molar-refractivity contribution in [1.82, 2.24) is 4.48 Å². The molecule has 2 aromatic carbocycles. The van der Waals surface area contributed by atoms with Gasteiger partial charge in [0.2, 0.25) is 0 Å². The second kappa shape index (κ2) is 12.1. The number of hydrogen-bond acceptors (Lipinski definition) is 1. The first-order chi connectivity index (χ1) is 12.3. The molecule has 0 fully saturated rings. The Morgan fingerprint density at radius 2 is 1.23 bits per heavy atom. The molecule has 2 nitrogen and oxygen atoms in total. The number of fused-ring (bicyclic) bond motifs is 1. The summed E-state index contributed by atoms with van der Waals surface area (Å²) in [4.78, 5) is 0. The number of benzene rings is 2. The number of rotatable bonds is 12. The van der Waals surface area contributed by atoms with Crippen LogP contribution in [-0.2, 0) is 0 Å². The molecular weight excluding hydrogens is 318 g/mol. The topological polar surface area (TPSA) is 30.0 Å². The van der Waals surface area contributed by atoms with Crippen LogP contribution in [0.1, 0.15) is 72.1 Å². The lowest BCUT2D eigenvalue weighted by Crippen LogP contribution is -2.51. The molecule has 0 spiro atoms. The summed E-state index contributed by atoms with van der Waals surface area (Å²) >= 11 is 0. The molecule has 0 aliphatic rings. The van der Waals surface area contributed by atoms with Crippen molar-refractivity contribution in [3.05, 3.63) is 42.5 Å². The summed E-state index contributed by atoms with van der Waals surface area (Å²) in [5.41, 5.74) is 1.55. The van der Waals surface area contributed by atoms with Gasteiger partial charge in [-0.15, -0.1) is 0 Å². The molecule has 0 heterocycles. The van der Waals surface area contributed by atoms with E-state index in [1.54, 1.807) is 5.69 Å². The van der Waals surface area contributed by atoms with Crippen molar-refractivity contribution in [2.45, 2.75) is 72.1 Å². The zero-order valence-corrected chi connectivity index (χ0v) is 17.2. The molecule has 26 heavy (non-hydrogen) atoms. The lowest BCUT2D eigenvalue weighted by Gasteiger charge is -2.39. The van der Waals surface area contributed by atoms with E-state index in [2.05, 4.69) is 63.2 Å². The molecule has 0 saturated heterocycles. The van der Waals surface area contributed by atoms with E-state index in [9.17, 15) is 0 Å². The van der Waals surface area contributed by atoms with E-state index in [1.165, 1.54) is 86.3 Å². The SMILES string of the molecule is CCCCCCCC[N+](CCC)(CCC)c1cccc2ccccc12.[OH-]. The molecule has 1 N–H and O–H groups in total. The third kappa shape index (κ3) is 5.82. The molecule has 0 bridgehead atoms. The van der Waals surface area contributed by atoms with Gasteiger partial charge in [-0.1, -0.05) is 76.8 Å². The van der Waals surface area contributed by atoms with E-state index >= 15 is 0 Å². The van der Waals surface area contributed by atoms with Gasteiger partial charge in [0, 0.05) is 5.39 Å². The molecule has 0 radical (unpaired) electrons. The fourth-order valence-electron chi connectivity index (χ4n) is 4.37. The minimum Gasteiger partial charge on any atom is -0.870 e. The molecule has 146 valence electrons. The maximum Gasteiger partial charge on any atom is 0.140 e. The van der Waals surface area contributed by atoms with Crippen LogP contribution in [0.25, 0.3) is 10.8 Å². The van der Waals surface area contributed by atoms with Crippen LogP contribution in [0, 0.1) is 0 Å². The highest BCUT2D eigenvalue weighted by atomic mass is 16.0. The zero-order chi connectivity index (χ0) is 18.0. The molecule has 2 rings (SSSR count). The fourth-order valence-corrected chi connectivity index (χ4v) is 4.37. The van der Waals surface area contributed by atoms with Crippen molar-refractivity contribution >= 4 is 16.5 Å². The van der Waals surface area contributed by atoms with Gasteiger partial charge in [0.15, 0.2) is 0 Å². The third-order valence-corrected chi connectivity index (χ3v) is 5.52. The Kier molecular flexibility index (Phi) is 10.5. The zero-order valence-electron chi connectivity index (χ0n) is 17.2. The van der Waals surface area contributed by atoms with Gasteiger partial charge < -0.3 is 5.48 Å². The van der Waals surface area contributed by atoms with E-state index in [-0.39, 0.29) is 5.48 Å². The summed E-state index contributed by atoms with van der Waals surface area (Å²) in [5, 5.41) is 2.84. The van der Waals surface area contributed by atoms with Crippen molar-refractivity contribution in [3.63, 3.8) is 0 Å². The van der Waals surface area contributed by atoms with Gasteiger partial charge in [-0.25, -0.2) is 0 Å². The first-order valence-corrected chi connectivity index (χ1v) is 10.6. The third-order valence-electron chi connectivity index (χ3n) is 5.52. The molecule has 0 unspecified atom stereocenters. The second-order valence-corrected chi connectivity index (χ2v) is 7.58. The summed E-state index contributed by atoms with van der Waals surface area (Å²) < 4.78 is 1.17. The molecule has 2 aromatic rings. The van der Waals surface area contributed by atoms with Crippen molar-refractivity contribution in [2.75, 3.05) is 19.6 Å². The van der Waals surface area contributed by atoms with Crippen LogP contribution in [0.3, 0.4) is 0 Å². The molecule has 0 amide bonds. The van der Waals surface area contributed by atoms with Gasteiger partial charge in [0.25, 0.3) is 0 Å². The Balaban J connectivity index is 0.00000338. The highest BCUT2D eigenvalue weighted by Crippen LogP contribution is 2.33. The van der Waals surface area contributed by atoms with Crippen LogP contribution in [-0.4, -0.2) is 25.1 Å². The van der Waals surface area contributed by atoms with Crippen molar-refractivity contribution < 1.29 is 5.48 Å². The Hall–Kier alpha value is -1.38. The van der Waals surface area contributed by atoms with Crippen LogP contribution < -0.4 is 4.48 Å². The average Bonchev–Trinajstić information content (AvgIpc) is 2.64. The molecule has 0 saturated carbocycles. The van der Waals surface area contributed by atoms with Crippen LogP contribution in [0.2, 0.25) is 0 Å². The highest BCUT2D eigenvalue weighted by Gasteiger charge is 2.29. The summed E-state index contributed by atoms with van der Waals surface area (Å²) in [7, 11) is 0. The summed E-state index contributed by atoms with van der Waals surface area (Å²) in [6.45, 7) is 10.8. The van der Waals surface area contributed by atoms with E-state index in [4.69, 9.17) is 0 Å². The van der Waals surface area contributed by atoms with Crippen molar-refractivity contribution in [3.8, 4) is 0 Å². The maximum absolute atomic E-state index is 2.39. The van der Waals surface area contributed by atoms with Crippen molar-refractivity contribution in [2.24, 2.45) is 0 Å². The highest BCUT2D eigenvalue weighted by molar-refractivity contribution is 5.93. The van der Waals surface area contributed by atoms with Gasteiger partial charge in [-0.3, -0.25) is 4.48 Å². The van der Waals surface area contributed by atoms with Gasteiger partial charge in [-0.05, 0) is 43.2 Å². The minimum absolute atomic E-state index is 0. The van der Waals surface area contributed by atoms with Crippen molar-refractivity contribution in [1.29, 1.82) is 0 Å². The van der Waals surface area contributed by atoms with Crippen LogP contribution >= 0.6 is 0 Å². The monoisotopic (exact) mass is 357 g/mol. The van der Waals surface area contributed by atoms with E-state index in [0.29, 0.717) is 0 Å². The van der Waals surface area contributed by atoms with E-state index in [0.717, 1.165) is 0 Å². The largest absolute Gasteiger partial charge is 0.870 e. The predicted octanol–water partition coefficient (Wildman–Crippen LogP) is 7.15. The first-order valence-electron chi connectivity index (χ1n) is 10.6. The molecule has 0 atom stereocenters. The van der Waals surface area contributed by atoms with Gasteiger partial charge >= 0.3 is 0 Å². The first kappa shape index (κ1) is 22.7. The smallest absolute Gasteiger partial charge is 0.140 e. The molecule has 0 aromatic heterocycles. The normalized spacial score (nSPS) is 11.5. The van der Waals surface area contributed by atoms with Gasteiger partial charge in [0.05, 0.1) is 19.6 Å². The molecule has 2 heteroatoms. The Labute approximate surface area is 161 Å². The number of hydrogen-bond donors (Lipinski definition) is 0. The Morgan fingerprint density at radius 3 is 1.92 bits per heavy atom. The maximum atomic E-state index is 2.39. The Morgan fingerprint density at radius 1 is 0.615 bits per heavy atom.